The van der Waals surface area contributed by atoms with Gasteiger partial charge in [-0.3, -0.25) is 4.79 Å². The number of aliphatic hydroxyl groups excluding tert-OH is 1. The molecule has 0 aromatic carbocycles. The highest BCUT2D eigenvalue weighted by Crippen LogP contribution is 2.41. The van der Waals surface area contributed by atoms with Crippen LogP contribution in [0.4, 0.5) is 0 Å². The minimum absolute atomic E-state index is 0.0588. The highest BCUT2D eigenvalue weighted by atomic mass is 31.2. The highest BCUT2D eigenvalue weighted by Gasteiger charge is 2.14. The maximum Gasteiger partial charge on any atom is 0.303 e. The van der Waals surface area contributed by atoms with Gasteiger partial charge in [0, 0.05) is 25.4 Å². The second-order valence-electron chi connectivity index (χ2n) is 2.96. The molecule has 0 spiro atoms. The summed E-state index contributed by atoms with van der Waals surface area (Å²) in [4.78, 5) is 10.1. The van der Waals surface area contributed by atoms with E-state index in [0.29, 0.717) is 18.7 Å². The first-order valence-corrected chi connectivity index (χ1v) is 6.38. The Morgan fingerprint density at radius 3 is 2.42 bits per heavy atom. The fourth-order valence-electron chi connectivity index (χ4n) is 0.888. The Bertz CT molecular complexity index is 190. The third-order valence-corrected chi connectivity index (χ3v) is 4.00. The molecule has 4 nitrogen and oxygen atoms in total. The lowest BCUT2D eigenvalue weighted by Crippen LogP contribution is -2.01. The van der Waals surface area contributed by atoms with E-state index in [1.165, 1.54) is 0 Å². The van der Waals surface area contributed by atoms with Crippen molar-refractivity contribution >= 4 is 13.1 Å². The molecule has 0 aliphatic heterocycles. The molecule has 1 unspecified atom stereocenters. The van der Waals surface area contributed by atoms with Crippen molar-refractivity contribution in [3.63, 3.8) is 0 Å². The van der Waals surface area contributed by atoms with Crippen LogP contribution in [0.25, 0.3) is 0 Å². The first-order valence-electron chi connectivity index (χ1n) is 3.86. The van der Waals surface area contributed by atoms with Crippen molar-refractivity contribution in [1.82, 2.24) is 0 Å². The maximum atomic E-state index is 11.4. The van der Waals surface area contributed by atoms with Gasteiger partial charge in [-0.1, -0.05) is 0 Å². The number of hydrogen-bond donors (Lipinski definition) is 2. The van der Waals surface area contributed by atoms with Crippen LogP contribution in [0.1, 0.15) is 12.8 Å². The van der Waals surface area contributed by atoms with Crippen molar-refractivity contribution in [3.8, 4) is 0 Å². The van der Waals surface area contributed by atoms with Crippen LogP contribution in [0, 0.1) is 0 Å². The van der Waals surface area contributed by atoms with Gasteiger partial charge in [-0.05, 0) is 13.1 Å². The van der Waals surface area contributed by atoms with Crippen LogP contribution in [-0.4, -0.2) is 41.8 Å². The minimum atomic E-state index is -2.26. The lowest BCUT2D eigenvalue weighted by Gasteiger charge is -2.09. The van der Waals surface area contributed by atoms with Gasteiger partial charge < -0.3 is 14.8 Å². The Labute approximate surface area is 72.0 Å². The lowest BCUT2D eigenvalue weighted by molar-refractivity contribution is -0.137. The first kappa shape index (κ1) is 11.7. The molecule has 0 saturated carbocycles. The quantitative estimate of drug-likeness (QED) is 0.614. The third-order valence-electron chi connectivity index (χ3n) is 1.59. The molecular formula is C7H15O4P. The van der Waals surface area contributed by atoms with E-state index in [9.17, 15) is 9.36 Å². The topological polar surface area (TPSA) is 74.6 Å². The Hall–Kier alpha value is -0.340. The molecule has 1 atom stereocenters. The Morgan fingerprint density at radius 1 is 1.42 bits per heavy atom. The van der Waals surface area contributed by atoms with Gasteiger partial charge in [-0.15, -0.1) is 0 Å². The summed E-state index contributed by atoms with van der Waals surface area (Å²) < 4.78 is 11.4. The molecule has 0 aromatic heterocycles. The number of rotatable bonds is 6. The molecule has 2 N–H and O–H groups in total. The van der Waals surface area contributed by atoms with Gasteiger partial charge in [0.1, 0.15) is 0 Å². The molecule has 0 heterocycles. The Balaban J connectivity index is 3.61. The summed E-state index contributed by atoms with van der Waals surface area (Å²) in [7, 11) is -2.26. The van der Waals surface area contributed by atoms with Crippen molar-refractivity contribution in [2.24, 2.45) is 0 Å². The maximum absolute atomic E-state index is 11.4. The van der Waals surface area contributed by atoms with Crippen LogP contribution < -0.4 is 0 Å². The van der Waals surface area contributed by atoms with Gasteiger partial charge in [0.25, 0.3) is 0 Å². The minimum Gasteiger partial charge on any atom is -0.481 e. The SMILES string of the molecule is CP(=O)(CCO)CCCC(=O)O. The zero-order valence-electron chi connectivity index (χ0n) is 7.19. The molecule has 0 amide bonds. The van der Waals surface area contributed by atoms with E-state index >= 15 is 0 Å². The summed E-state index contributed by atoms with van der Waals surface area (Å²) in [5.41, 5.74) is 0. The van der Waals surface area contributed by atoms with E-state index < -0.39 is 13.1 Å². The summed E-state index contributed by atoms with van der Waals surface area (Å²) >= 11 is 0. The standard InChI is InChI=1S/C7H15O4P/c1-12(11,6-4-8)5-2-3-7(9)10/h8H,2-6H2,1H3,(H,9,10). The van der Waals surface area contributed by atoms with Crippen LogP contribution in [-0.2, 0) is 9.36 Å². The van der Waals surface area contributed by atoms with E-state index in [1.807, 2.05) is 0 Å². The fourth-order valence-corrected chi connectivity index (χ4v) is 2.36. The van der Waals surface area contributed by atoms with E-state index in [0.717, 1.165) is 0 Å². The van der Waals surface area contributed by atoms with Crippen molar-refractivity contribution in [3.05, 3.63) is 0 Å². The number of carboxylic acid groups (broad SMARTS) is 1. The zero-order valence-corrected chi connectivity index (χ0v) is 8.09. The average Bonchev–Trinajstić information content (AvgIpc) is 1.85. The van der Waals surface area contributed by atoms with E-state index in [4.69, 9.17) is 10.2 Å². The molecule has 5 heteroatoms. The molecule has 0 saturated heterocycles. The molecular weight excluding hydrogens is 179 g/mol. The largest absolute Gasteiger partial charge is 0.481 e. The summed E-state index contributed by atoms with van der Waals surface area (Å²) in [5.74, 6) is -0.862. The third kappa shape index (κ3) is 6.38. The number of aliphatic hydroxyl groups is 1. The molecule has 0 aliphatic rings. The van der Waals surface area contributed by atoms with Crippen LogP contribution in [0.5, 0.6) is 0 Å². The second kappa shape index (κ2) is 5.33. The summed E-state index contributed by atoms with van der Waals surface area (Å²) in [6.07, 6.45) is 1.21. The van der Waals surface area contributed by atoms with Gasteiger partial charge in [0.15, 0.2) is 0 Å². The molecule has 0 aromatic rings. The fraction of sp³-hybridized carbons (Fsp3) is 0.857. The van der Waals surface area contributed by atoms with Crippen LogP contribution in [0.2, 0.25) is 0 Å². The monoisotopic (exact) mass is 194 g/mol. The molecule has 0 bridgehead atoms. The van der Waals surface area contributed by atoms with Crippen LogP contribution in [0.3, 0.4) is 0 Å². The molecule has 0 fully saturated rings. The van der Waals surface area contributed by atoms with Crippen molar-refractivity contribution in [2.75, 3.05) is 25.6 Å². The van der Waals surface area contributed by atoms with Crippen molar-refractivity contribution < 1.29 is 19.6 Å². The first-order chi connectivity index (χ1) is 5.48. The molecule has 0 aliphatic carbocycles. The summed E-state index contributed by atoms with van der Waals surface area (Å²) in [5, 5.41) is 16.8. The predicted molar refractivity (Wildman–Crippen MR) is 47.2 cm³/mol. The summed E-state index contributed by atoms with van der Waals surface area (Å²) in [6.45, 7) is 1.52. The highest BCUT2D eigenvalue weighted by molar-refractivity contribution is 7.63. The molecule has 0 radical (unpaired) electrons. The number of aliphatic carboxylic acids is 1. The lowest BCUT2D eigenvalue weighted by atomic mass is 10.3. The Kier molecular flexibility index (Phi) is 5.18. The molecule has 72 valence electrons. The van der Waals surface area contributed by atoms with Gasteiger partial charge in [0.2, 0.25) is 0 Å². The van der Waals surface area contributed by atoms with E-state index in [1.54, 1.807) is 6.66 Å². The normalized spacial score (nSPS) is 15.5. The van der Waals surface area contributed by atoms with Crippen molar-refractivity contribution in [2.45, 2.75) is 12.8 Å². The van der Waals surface area contributed by atoms with Crippen molar-refractivity contribution in [1.29, 1.82) is 0 Å². The number of carboxylic acids is 1. The van der Waals surface area contributed by atoms with E-state index in [-0.39, 0.29) is 13.0 Å². The van der Waals surface area contributed by atoms with Gasteiger partial charge >= 0.3 is 5.97 Å². The number of hydrogen-bond acceptors (Lipinski definition) is 3. The van der Waals surface area contributed by atoms with Gasteiger partial charge in [-0.2, -0.15) is 0 Å². The van der Waals surface area contributed by atoms with E-state index in [2.05, 4.69) is 0 Å². The predicted octanol–water partition coefficient (Wildman–Crippen LogP) is 0.836. The summed E-state index contributed by atoms with van der Waals surface area (Å²) in [6, 6.07) is 0. The van der Waals surface area contributed by atoms with Gasteiger partial charge in [-0.25, -0.2) is 0 Å². The smallest absolute Gasteiger partial charge is 0.303 e. The zero-order chi connectivity index (χ0) is 9.61. The second-order valence-corrected chi connectivity index (χ2v) is 6.45. The Morgan fingerprint density at radius 2 is 2.00 bits per heavy atom. The van der Waals surface area contributed by atoms with Crippen LogP contribution >= 0.6 is 7.14 Å². The number of carbonyl (C=O) groups is 1. The molecule has 12 heavy (non-hydrogen) atoms. The average molecular weight is 194 g/mol. The molecule has 0 rings (SSSR count). The van der Waals surface area contributed by atoms with Crippen LogP contribution in [0.15, 0.2) is 0 Å². The van der Waals surface area contributed by atoms with Gasteiger partial charge in [0.05, 0.1) is 7.14 Å².